The van der Waals surface area contributed by atoms with Gasteiger partial charge in [-0.15, -0.1) is 0 Å². The van der Waals surface area contributed by atoms with Crippen molar-refractivity contribution < 1.29 is 33.0 Å². The highest BCUT2D eigenvalue weighted by Crippen LogP contribution is 2.47. The van der Waals surface area contributed by atoms with Crippen molar-refractivity contribution in [2.75, 3.05) is 11.9 Å². The van der Waals surface area contributed by atoms with Gasteiger partial charge in [-0.1, -0.05) is 0 Å². The van der Waals surface area contributed by atoms with Crippen LogP contribution in [0.25, 0.3) is 0 Å². The van der Waals surface area contributed by atoms with E-state index < -0.39 is 29.9 Å². The van der Waals surface area contributed by atoms with E-state index in [1.807, 2.05) is 12.1 Å². The molecule has 3 N–H and O–H groups in total. The first-order valence-electron chi connectivity index (χ1n) is 12.0. The van der Waals surface area contributed by atoms with Crippen LogP contribution in [0, 0.1) is 17.6 Å². The Hall–Kier alpha value is -3.04. The summed E-state index contributed by atoms with van der Waals surface area (Å²) in [5.74, 6) is -0.498. The van der Waals surface area contributed by atoms with Crippen LogP contribution >= 0.6 is 0 Å². The van der Waals surface area contributed by atoms with Gasteiger partial charge in [0.2, 0.25) is 11.8 Å². The molecule has 2 aliphatic heterocycles. The van der Waals surface area contributed by atoms with E-state index in [1.165, 1.54) is 0 Å². The smallest absolute Gasteiger partial charge is 0.224 e. The van der Waals surface area contributed by atoms with Crippen molar-refractivity contribution in [1.82, 2.24) is 5.32 Å². The highest BCUT2D eigenvalue weighted by molar-refractivity contribution is 5.91. The molecule has 2 aromatic carbocycles. The van der Waals surface area contributed by atoms with Gasteiger partial charge in [-0.3, -0.25) is 9.59 Å². The number of anilines is 1. The molecule has 0 aromatic heterocycles. The molecule has 1 saturated carbocycles. The Bertz CT molecular complexity index is 1120. The van der Waals surface area contributed by atoms with Crippen molar-refractivity contribution in [3.63, 3.8) is 0 Å². The summed E-state index contributed by atoms with van der Waals surface area (Å²) in [4.78, 5) is 24.8. The number of amides is 2. The fourth-order valence-electron chi connectivity index (χ4n) is 4.91. The van der Waals surface area contributed by atoms with Crippen molar-refractivity contribution >= 4 is 17.5 Å². The average molecular weight is 487 g/mol. The van der Waals surface area contributed by atoms with Crippen LogP contribution in [0.15, 0.2) is 36.4 Å². The second kappa shape index (κ2) is 9.91. The highest BCUT2D eigenvalue weighted by atomic mass is 19.1. The van der Waals surface area contributed by atoms with Crippen molar-refractivity contribution in [3.8, 4) is 5.75 Å². The van der Waals surface area contributed by atoms with Crippen molar-refractivity contribution in [2.45, 2.75) is 62.9 Å². The average Bonchev–Trinajstić information content (AvgIpc) is 3.57. The van der Waals surface area contributed by atoms with Crippen molar-refractivity contribution in [3.05, 3.63) is 59.2 Å². The normalized spacial score (nSPS) is 24.8. The van der Waals surface area contributed by atoms with Gasteiger partial charge in [-0.05, 0) is 61.6 Å². The van der Waals surface area contributed by atoms with E-state index >= 15 is 0 Å². The number of halogens is 2. The Kier molecular flexibility index (Phi) is 6.71. The molecular weight excluding hydrogens is 458 g/mol. The largest absolute Gasteiger partial charge is 0.487 e. The van der Waals surface area contributed by atoms with E-state index in [1.54, 1.807) is 6.07 Å². The minimum absolute atomic E-state index is 0.00377. The van der Waals surface area contributed by atoms with Crippen LogP contribution < -0.4 is 15.4 Å². The first kappa shape index (κ1) is 23.7. The number of aliphatic hydroxyl groups excluding tert-OH is 1. The third kappa shape index (κ3) is 5.46. The highest BCUT2D eigenvalue weighted by Gasteiger charge is 2.46. The predicted octanol–water partition coefficient (Wildman–Crippen LogP) is 3.40. The van der Waals surface area contributed by atoms with Crippen LogP contribution in [0.5, 0.6) is 5.75 Å². The van der Waals surface area contributed by atoms with Gasteiger partial charge in [0.05, 0.1) is 19.1 Å². The van der Waals surface area contributed by atoms with Crippen LogP contribution in [0.4, 0.5) is 14.5 Å². The van der Waals surface area contributed by atoms with E-state index in [9.17, 15) is 23.5 Å². The van der Waals surface area contributed by atoms with Gasteiger partial charge in [0, 0.05) is 35.7 Å². The van der Waals surface area contributed by atoms with Crippen molar-refractivity contribution in [1.29, 1.82) is 0 Å². The molecular formula is C26H28F2N2O5. The molecule has 186 valence electrons. The standard InChI is InChI=1S/C26H28F2N2O5/c27-16-3-5-21(28)15(8-16)12-29-24(32)11-18-10-20-19-9-17(30-25(33)7-14-1-2-14)4-6-22(19)35-26(20)23(13-31)34-18/h3-6,8-9,14,18,20,23,26,31H,1-2,7,10-13H2,(H,29,32)(H,30,33)/t18-,20+,23+,26-/m0/s1. The minimum Gasteiger partial charge on any atom is -0.487 e. The molecule has 1 saturated heterocycles. The Morgan fingerprint density at radius 3 is 2.66 bits per heavy atom. The topological polar surface area (TPSA) is 96.9 Å². The van der Waals surface area contributed by atoms with Gasteiger partial charge in [-0.25, -0.2) is 8.78 Å². The maximum Gasteiger partial charge on any atom is 0.224 e. The van der Waals surface area contributed by atoms with Crippen LogP contribution in [0.3, 0.4) is 0 Å². The van der Waals surface area contributed by atoms with Gasteiger partial charge in [-0.2, -0.15) is 0 Å². The van der Waals surface area contributed by atoms with Crippen LogP contribution in [0.2, 0.25) is 0 Å². The summed E-state index contributed by atoms with van der Waals surface area (Å²) in [5.41, 5.74) is 1.66. The van der Waals surface area contributed by atoms with Crippen LogP contribution in [-0.4, -0.2) is 41.8 Å². The molecule has 7 nitrogen and oxygen atoms in total. The summed E-state index contributed by atoms with van der Waals surface area (Å²) >= 11 is 0. The zero-order chi connectivity index (χ0) is 24.5. The lowest BCUT2D eigenvalue weighted by Crippen LogP contribution is -2.47. The SMILES string of the molecule is O=C(C[C@@H]1C[C@@H]2c3cc(NC(=O)CC4CC4)ccc3O[C@@H]2[C@@H](CO)O1)NCc1cc(F)ccc1F. The van der Waals surface area contributed by atoms with Crippen LogP contribution in [0.1, 0.15) is 49.1 Å². The van der Waals surface area contributed by atoms with E-state index in [0.29, 0.717) is 30.2 Å². The number of carbonyl (C=O) groups excluding carboxylic acids is 2. The molecule has 9 heteroatoms. The lowest BCUT2D eigenvalue weighted by molar-refractivity contribution is -0.142. The Labute approximate surface area is 201 Å². The van der Waals surface area contributed by atoms with Gasteiger partial charge in [0.15, 0.2) is 0 Å². The molecule has 0 unspecified atom stereocenters. The lowest BCUT2D eigenvalue weighted by Gasteiger charge is -2.37. The summed E-state index contributed by atoms with van der Waals surface area (Å²) in [7, 11) is 0. The number of aliphatic hydroxyl groups is 1. The number of rotatable bonds is 8. The van der Waals surface area contributed by atoms with E-state index in [2.05, 4.69) is 10.6 Å². The number of hydrogen-bond donors (Lipinski definition) is 3. The maximum atomic E-state index is 13.8. The number of benzene rings is 2. The lowest BCUT2D eigenvalue weighted by atomic mass is 9.84. The van der Waals surface area contributed by atoms with Gasteiger partial charge in [0.25, 0.3) is 0 Å². The molecule has 0 radical (unpaired) electrons. The summed E-state index contributed by atoms with van der Waals surface area (Å²) in [6.45, 7) is -0.409. The molecule has 0 bridgehead atoms. The molecule has 3 aliphatic rings. The fourth-order valence-corrected chi connectivity index (χ4v) is 4.91. The van der Waals surface area contributed by atoms with Gasteiger partial charge in [0.1, 0.15) is 29.6 Å². The molecule has 5 rings (SSSR count). The monoisotopic (exact) mass is 486 g/mol. The fraction of sp³-hybridized carbons (Fsp3) is 0.462. The van der Waals surface area contributed by atoms with Crippen molar-refractivity contribution in [2.24, 2.45) is 5.92 Å². The zero-order valence-electron chi connectivity index (χ0n) is 19.1. The Morgan fingerprint density at radius 1 is 1.06 bits per heavy atom. The number of hydrogen-bond acceptors (Lipinski definition) is 5. The predicted molar refractivity (Wildman–Crippen MR) is 123 cm³/mol. The van der Waals surface area contributed by atoms with E-state index in [0.717, 1.165) is 36.6 Å². The molecule has 0 spiro atoms. The summed E-state index contributed by atoms with van der Waals surface area (Å²) in [6, 6.07) is 8.60. The maximum absolute atomic E-state index is 13.8. The minimum atomic E-state index is -0.618. The number of ether oxygens (including phenoxy) is 2. The third-order valence-electron chi connectivity index (χ3n) is 6.85. The number of fused-ring (bicyclic) bond motifs is 3. The summed E-state index contributed by atoms with van der Waals surface area (Å²) in [5, 5.41) is 15.5. The molecule has 2 amide bonds. The molecule has 4 atom stereocenters. The van der Waals surface area contributed by atoms with Crippen LogP contribution in [-0.2, 0) is 20.9 Å². The second-order valence-electron chi connectivity index (χ2n) is 9.57. The first-order valence-corrected chi connectivity index (χ1v) is 12.0. The van der Waals surface area contributed by atoms with Gasteiger partial charge >= 0.3 is 0 Å². The van der Waals surface area contributed by atoms with E-state index in [4.69, 9.17) is 9.47 Å². The van der Waals surface area contributed by atoms with E-state index in [-0.39, 0.29) is 42.9 Å². The molecule has 2 aromatic rings. The Morgan fingerprint density at radius 2 is 1.89 bits per heavy atom. The molecule has 2 heterocycles. The van der Waals surface area contributed by atoms with Gasteiger partial charge < -0.3 is 25.2 Å². The third-order valence-corrected chi connectivity index (χ3v) is 6.85. The zero-order valence-corrected chi connectivity index (χ0v) is 19.1. The summed E-state index contributed by atoms with van der Waals surface area (Å²) in [6.07, 6.45) is 1.71. The molecule has 1 aliphatic carbocycles. The molecule has 35 heavy (non-hydrogen) atoms. The first-order chi connectivity index (χ1) is 16.9. The quantitative estimate of drug-likeness (QED) is 0.532. The Balaban J connectivity index is 1.23. The summed E-state index contributed by atoms with van der Waals surface area (Å²) < 4.78 is 39.2. The second-order valence-corrected chi connectivity index (χ2v) is 9.57. The number of nitrogens with one attached hydrogen (secondary N) is 2. The molecule has 2 fully saturated rings. The number of carbonyl (C=O) groups is 2.